The number of anilines is 1. The molecule has 1 unspecified atom stereocenters. The van der Waals surface area contributed by atoms with Gasteiger partial charge in [-0.25, -0.2) is 4.98 Å². The van der Waals surface area contributed by atoms with E-state index in [9.17, 15) is 9.59 Å². The van der Waals surface area contributed by atoms with Gasteiger partial charge in [0.15, 0.2) is 5.16 Å². The molecule has 0 spiro atoms. The van der Waals surface area contributed by atoms with E-state index < -0.39 is 5.25 Å². The van der Waals surface area contributed by atoms with Crippen molar-refractivity contribution in [1.82, 2.24) is 9.97 Å². The molecule has 7 heteroatoms. The Bertz CT molecular complexity index is 1390. The van der Waals surface area contributed by atoms with Crippen molar-refractivity contribution < 1.29 is 4.79 Å². The van der Waals surface area contributed by atoms with Crippen LogP contribution in [0.2, 0.25) is 0 Å². The lowest BCUT2D eigenvalue weighted by Crippen LogP contribution is -2.24. The van der Waals surface area contributed by atoms with Gasteiger partial charge < -0.3 is 10.3 Å². The highest BCUT2D eigenvalue weighted by Crippen LogP contribution is 2.33. The monoisotopic (exact) mass is 491 g/mol. The van der Waals surface area contributed by atoms with E-state index in [1.807, 2.05) is 37.4 Å². The van der Waals surface area contributed by atoms with Crippen LogP contribution in [0, 0.1) is 6.92 Å². The average Bonchev–Trinajstić information content (AvgIpc) is 3.25. The Labute approximate surface area is 208 Å². The fourth-order valence-corrected chi connectivity index (χ4v) is 5.70. The number of aryl methyl sites for hydroxylation is 2. The molecular weight excluding hydrogens is 462 g/mol. The Hall–Kier alpha value is -2.90. The topological polar surface area (TPSA) is 74.8 Å². The predicted octanol–water partition coefficient (Wildman–Crippen LogP) is 6.77. The summed E-state index contributed by atoms with van der Waals surface area (Å²) in [6.07, 6.45) is 0.839. The van der Waals surface area contributed by atoms with Crippen molar-refractivity contribution in [2.24, 2.45) is 0 Å². The number of rotatable bonds is 7. The van der Waals surface area contributed by atoms with Crippen molar-refractivity contribution in [3.8, 4) is 11.1 Å². The maximum atomic E-state index is 13.0. The Balaban J connectivity index is 1.55. The van der Waals surface area contributed by atoms with Crippen molar-refractivity contribution in [2.75, 3.05) is 5.32 Å². The van der Waals surface area contributed by atoms with Crippen LogP contribution in [-0.4, -0.2) is 21.1 Å². The highest BCUT2D eigenvalue weighted by atomic mass is 32.2. The molecular formula is C27H29N3O2S2. The normalized spacial score (nSPS) is 12.3. The summed E-state index contributed by atoms with van der Waals surface area (Å²) in [6, 6.07) is 14.3. The van der Waals surface area contributed by atoms with Crippen LogP contribution in [-0.2, 0) is 11.2 Å². The third kappa shape index (κ3) is 4.95. The lowest BCUT2D eigenvalue weighted by Gasteiger charge is -2.16. The third-order valence-corrected chi connectivity index (χ3v) is 7.81. The summed E-state index contributed by atoms with van der Waals surface area (Å²) >= 11 is 2.71. The first-order valence-electron chi connectivity index (χ1n) is 11.5. The second kappa shape index (κ2) is 10.2. The zero-order chi connectivity index (χ0) is 24.4. The molecule has 2 heterocycles. The van der Waals surface area contributed by atoms with Crippen LogP contribution in [0.5, 0.6) is 0 Å². The molecule has 1 atom stereocenters. The molecule has 0 saturated heterocycles. The SMILES string of the molecule is CCc1cccc(C)c1NC(=O)C(C)Sc1nc2scc(-c3ccc(C(C)C)cc3)c2c(=O)[nH]1. The summed E-state index contributed by atoms with van der Waals surface area (Å²) in [7, 11) is 0. The van der Waals surface area contributed by atoms with Crippen LogP contribution >= 0.6 is 23.1 Å². The van der Waals surface area contributed by atoms with E-state index in [1.54, 1.807) is 0 Å². The van der Waals surface area contributed by atoms with Gasteiger partial charge in [0.25, 0.3) is 5.56 Å². The number of hydrogen-bond acceptors (Lipinski definition) is 5. The van der Waals surface area contributed by atoms with Gasteiger partial charge >= 0.3 is 0 Å². The van der Waals surface area contributed by atoms with Crippen LogP contribution < -0.4 is 10.9 Å². The number of thioether (sulfide) groups is 1. The van der Waals surface area contributed by atoms with Gasteiger partial charge in [-0.2, -0.15) is 0 Å². The van der Waals surface area contributed by atoms with Crippen LogP contribution in [0.3, 0.4) is 0 Å². The first-order chi connectivity index (χ1) is 16.3. The highest BCUT2D eigenvalue weighted by Gasteiger charge is 2.20. The summed E-state index contributed by atoms with van der Waals surface area (Å²) in [4.78, 5) is 34.1. The third-order valence-electron chi connectivity index (χ3n) is 5.96. The first-order valence-corrected chi connectivity index (χ1v) is 13.2. The predicted molar refractivity (Wildman–Crippen MR) is 144 cm³/mol. The molecule has 0 bridgehead atoms. The Kier molecular flexibility index (Phi) is 7.24. The molecule has 34 heavy (non-hydrogen) atoms. The van der Waals surface area contributed by atoms with Crippen molar-refractivity contribution in [3.05, 3.63) is 74.9 Å². The van der Waals surface area contributed by atoms with E-state index in [0.717, 1.165) is 34.4 Å². The summed E-state index contributed by atoms with van der Waals surface area (Å²) < 4.78 is 0. The number of aromatic amines is 1. The molecule has 0 fully saturated rings. The fourth-order valence-electron chi connectivity index (χ4n) is 3.89. The van der Waals surface area contributed by atoms with Gasteiger partial charge in [0, 0.05) is 16.6 Å². The molecule has 2 aromatic heterocycles. The molecule has 4 rings (SSSR count). The summed E-state index contributed by atoms with van der Waals surface area (Å²) in [6.45, 7) is 10.2. The van der Waals surface area contributed by atoms with E-state index in [2.05, 4.69) is 60.3 Å². The van der Waals surface area contributed by atoms with E-state index in [1.165, 1.54) is 28.7 Å². The number of aromatic nitrogens is 2. The van der Waals surface area contributed by atoms with E-state index in [-0.39, 0.29) is 11.5 Å². The number of benzene rings is 2. The number of H-pyrrole nitrogens is 1. The van der Waals surface area contributed by atoms with Gasteiger partial charge in [-0.1, -0.05) is 75.0 Å². The summed E-state index contributed by atoms with van der Waals surface area (Å²) in [5, 5.41) is 5.66. The fraction of sp³-hybridized carbons (Fsp3) is 0.296. The number of carbonyl (C=O) groups excluding carboxylic acids is 1. The zero-order valence-corrected chi connectivity index (χ0v) is 21.7. The number of amides is 1. The minimum Gasteiger partial charge on any atom is -0.325 e. The molecule has 2 N–H and O–H groups in total. The maximum absolute atomic E-state index is 13.0. The number of para-hydroxylation sites is 1. The van der Waals surface area contributed by atoms with E-state index in [0.29, 0.717) is 21.3 Å². The Morgan fingerprint density at radius 2 is 1.88 bits per heavy atom. The van der Waals surface area contributed by atoms with Gasteiger partial charge in [-0.3, -0.25) is 9.59 Å². The Morgan fingerprint density at radius 3 is 2.56 bits per heavy atom. The molecule has 176 valence electrons. The number of fused-ring (bicyclic) bond motifs is 1. The molecule has 5 nitrogen and oxygen atoms in total. The van der Waals surface area contributed by atoms with Gasteiger partial charge in [-0.05, 0) is 48.4 Å². The van der Waals surface area contributed by atoms with Crippen molar-refractivity contribution in [2.45, 2.75) is 57.4 Å². The van der Waals surface area contributed by atoms with Gasteiger partial charge in [0.1, 0.15) is 4.83 Å². The molecule has 0 aliphatic rings. The van der Waals surface area contributed by atoms with Crippen LogP contribution in [0.15, 0.2) is 57.8 Å². The highest BCUT2D eigenvalue weighted by molar-refractivity contribution is 8.00. The lowest BCUT2D eigenvalue weighted by molar-refractivity contribution is -0.115. The molecule has 0 aliphatic heterocycles. The zero-order valence-electron chi connectivity index (χ0n) is 20.1. The van der Waals surface area contributed by atoms with Crippen LogP contribution in [0.1, 0.15) is 50.3 Å². The summed E-state index contributed by atoms with van der Waals surface area (Å²) in [5.41, 5.74) is 5.97. The number of nitrogens with one attached hydrogen (secondary N) is 2. The van der Waals surface area contributed by atoms with Crippen molar-refractivity contribution in [3.63, 3.8) is 0 Å². The smallest absolute Gasteiger partial charge is 0.260 e. The minimum atomic E-state index is -0.423. The number of carbonyl (C=O) groups is 1. The number of thiophene rings is 1. The van der Waals surface area contributed by atoms with Gasteiger partial charge in [0.05, 0.1) is 10.6 Å². The van der Waals surface area contributed by atoms with Gasteiger partial charge in [-0.15, -0.1) is 11.3 Å². The average molecular weight is 492 g/mol. The quantitative estimate of drug-likeness (QED) is 0.221. The first kappa shape index (κ1) is 24.2. The number of hydrogen-bond donors (Lipinski definition) is 2. The molecule has 0 aliphatic carbocycles. The van der Waals surface area contributed by atoms with Crippen molar-refractivity contribution in [1.29, 1.82) is 0 Å². The van der Waals surface area contributed by atoms with E-state index >= 15 is 0 Å². The maximum Gasteiger partial charge on any atom is 0.260 e. The summed E-state index contributed by atoms with van der Waals surface area (Å²) in [5.74, 6) is 0.338. The van der Waals surface area contributed by atoms with Crippen molar-refractivity contribution >= 4 is 44.9 Å². The standard InChI is InChI=1S/C27H29N3O2S2/c1-6-18-9-7-8-16(4)23(18)28-24(31)17(5)34-27-29-25(32)22-21(14-33-26(22)30-27)20-12-10-19(11-13-20)15(2)3/h7-15,17H,6H2,1-5H3,(H,28,31)(H,29,30,32). The van der Waals surface area contributed by atoms with E-state index in [4.69, 9.17) is 0 Å². The molecule has 1 amide bonds. The molecule has 4 aromatic rings. The molecule has 0 saturated carbocycles. The number of nitrogens with zero attached hydrogens (tertiary/aromatic N) is 1. The largest absolute Gasteiger partial charge is 0.325 e. The van der Waals surface area contributed by atoms with Gasteiger partial charge in [0.2, 0.25) is 5.91 Å². The molecule has 2 aromatic carbocycles. The Morgan fingerprint density at radius 1 is 1.15 bits per heavy atom. The lowest BCUT2D eigenvalue weighted by atomic mass is 9.99. The van der Waals surface area contributed by atoms with Crippen LogP contribution in [0.4, 0.5) is 5.69 Å². The second-order valence-electron chi connectivity index (χ2n) is 8.69. The van der Waals surface area contributed by atoms with Crippen LogP contribution in [0.25, 0.3) is 21.3 Å². The minimum absolute atomic E-state index is 0.117. The molecule has 0 radical (unpaired) electrons. The second-order valence-corrected chi connectivity index (χ2v) is 10.9.